The van der Waals surface area contributed by atoms with Crippen molar-refractivity contribution in [3.8, 4) is 5.75 Å². The van der Waals surface area contributed by atoms with Gasteiger partial charge >= 0.3 is 5.97 Å². The minimum absolute atomic E-state index is 0.0782. The molecule has 0 saturated carbocycles. The van der Waals surface area contributed by atoms with E-state index < -0.39 is 41.8 Å². The van der Waals surface area contributed by atoms with E-state index in [2.05, 4.69) is 20.9 Å². The highest BCUT2D eigenvalue weighted by atomic mass is 16.5. The van der Waals surface area contributed by atoms with Crippen molar-refractivity contribution in [1.82, 2.24) is 16.0 Å². The fourth-order valence-corrected chi connectivity index (χ4v) is 4.43. The molecule has 0 spiro atoms. The van der Waals surface area contributed by atoms with Gasteiger partial charge in [0.2, 0.25) is 11.8 Å². The first-order valence-corrected chi connectivity index (χ1v) is 14.3. The minimum atomic E-state index is -1.04. The lowest BCUT2D eigenvalue weighted by Gasteiger charge is -2.24. The van der Waals surface area contributed by atoms with Gasteiger partial charge in [0, 0.05) is 17.5 Å². The zero-order chi connectivity index (χ0) is 31.4. The van der Waals surface area contributed by atoms with E-state index in [-0.39, 0.29) is 24.8 Å². The number of esters is 1. The summed E-state index contributed by atoms with van der Waals surface area (Å²) in [6.07, 6.45) is 0.940. The molecule has 0 aliphatic carbocycles. The molecule has 11 heteroatoms. The molecule has 0 aliphatic heterocycles. The molecule has 0 heterocycles. The molecular formula is C32H40N6O5. The number of carbonyl (C=O) groups is 4. The van der Waals surface area contributed by atoms with Gasteiger partial charge in [0.1, 0.15) is 23.9 Å². The Kier molecular flexibility index (Phi) is 12.1. The lowest BCUT2D eigenvalue weighted by molar-refractivity contribution is -0.140. The predicted octanol–water partition coefficient (Wildman–Crippen LogP) is 2.63. The molecule has 3 rings (SSSR count). The van der Waals surface area contributed by atoms with Gasteiger partial charge in [-0.15, -0.1) is 0 Å². The number of nitrogens with two attached hydrogens (primary N) is 2. The lowest BCUT2D eigenvalue weighted by atomic mass is 10.0. The van der Waals surface area contributed by atoms with Crippen molar-refractivity contribution in [1.29, 1.82) is 0 Å². The van der Waals surface area contributed by atoms with Crippen LogP contribution in [0.3, 0.4) is 0 Å². The molecule has 0 radical (unpaired) electrons. The average molecular weight is 589 g/mol. The van der Waals surface area contributed by atoms with Gasteiger partial charge in [0.25, 0.3) is 5.91 Å². The van der Waals surface area contributed by atoms with Crippen LogP contribution in [-0.4, -0.2) is 54.3 Å². The molecule has 43 heavy (non-hydrogen) atoms. The van der Waals surface area contributed by atoms with Gasteiger partial charge in [0.15, 0.2) is 5.96 Å². The summed E-state index contributed by atoms with van der Waals surface area (Å²) in [5.41, 5.74) is 11.2. The molecule has 0 aromatic heterocycles. The van der Waals surface area contributed by atoms with Crippen molar-refractivity contribution in [2.75, 3.05) is 6.54 Å². The van der Waals surface area contributed by atoms with Crippen molar-refractivity contribution >= 4 is 40.4 Å². The van der Waals surface area contributed by atoms with E-state index in [0.717, 1.165) is 10.8 Å². The Morgan fingerprint density at radius 2 is 1.47 bits per heavy atom. The van der Waals surface area contributed by atoms with E-state index in [0.29, 0.717) is 24.2 Å². The highest BCUT2D eigenvalue weighted by Crippen LogP contribution is 2.25. The Labute approximate surface area is 251 Å². The van der Waals surface area contributed by atoms with Crippen molar-refractivity contribution in [2.24, 2.45) is 22.4 Å². The van der Waals surface area contributed by atoms with E-state index in [9.17, 15) is 19.2 Å². The van der Waals surface area contributed by atoms with Crippen LogP contribution in [-0.2, 0) is 14.4 Å². The smallest absolute Gasteiger partial charge is 0.334 e. The van der Waals surface area contributed by atoms with Crippen LogP contribution in [0.5, 0.6) is 5.75 Å². The second-order valence-electron chi connectivity index (χ2n) is 10.7. The third kappa shape index (κ3) is 10.1. The highest BCUT2D eigenvalue weighted by Gasteiger charge is 2.29. The Morgan fingerprint density at radius 1 is 0.791 bits per heavy atom. The molecule has 3 amide bonds. The average Bonchev–Trinajstić information content (AvgIpc) is 2.98. The minimum Gasteiger partial charge on any atom is -0.424 e. The van der Waals surface area contributed by atoms with Crippen LogP contribution in [0.25, 0.3) is 10.8 Å². The number of fused-ring (bicyclic) bond motifs is 1. The molecule has 0 aliphatic rings. The number of benzene rings is 3. The van der Waals surface area contributed by atoms with E-state index in [1.165, 1.54) is 6.92 Å². The second kappa shape index (κ2) is 15.9. The van der Waals surface area contributed by atoms with Crippen molar-refractivity contribution < 1.29 is 23.9 Å². The van der Waals surface area contributed by atoms with Crippen molar-refractivity contribution in [3.05, 3.63) is 78.4 Å². The molecule has 11 nitrogen and oxygen atoms in total. The molecule has 0 unspecified atom stereocenters. The maximum Gasteiger partial charge on any atom is 0.334 e. The van der Waals surface area contributed by atoms with Crippen LogP contribution >= 0.6 is 0 Å². The topological polar surface area (TPSA) is 178 Å². The maximum atomic E-state index is 13.3. The van der Waals surface area contributed by atoms with E-state index >= 15 is 0 Å². The lowest BCUT2D eigenvalue weighted by Crippen LogP contribution is -2.55. The molecule has 0 bridgehead atoms. The summed E-state index contributed by atoms with van der Waals surface area (Å²) >= 11 is 0. The number of nitrogens with zero attached hydrogens (tertiary/aromatic N) is 1. The highest BCUT2D eigenvalue weighted by molar-refractivity contribution is 5.98. The largest absolute Gasteiger partial charge is 0.424 e. The molecule has 3 aromatic rings. The number of nitrogens with one attached hydrogen (secondary N) is 3. The predicted molar refractivity (Wildman–Crippen MR) is 166 cm³/mol. The Bertz CT molecular complexity index is 1430. The zero-order valence-corrected chi connectivity index (χ0v) is 24.7. The third-order valence-corrected chi connectivity index (χ3v) is 6.62. The first kappa shape index (κ1) is 32.6. The third-order valence-electron chi connectivity index (χ3n) is 6.62. The van der Waals surface area contributed by atoms with E-state index in [1.807, 2.05) is 44.2 Å². The van der Waals surface area contributed by atoms with Crippen molar-refractivity contribution in [2.45, 2.75) is 58.2 Å². The normalized spacial score (nSPS) is 12.9. The number of hydrogen-bond donors (Lipinski definition) is 5. The number of aliphatic imine (C=N–C) groups is 1. The van der Waals surface area contributed by atoms with Gasteiger partial charge in [-0.3, -0.25) is 19.4 Å². The Hall–Kier alpha value is -4.93. The summed E-state index contributed by atoms with van der Waals surface area (Å²) in [6.45, 7) is 5.62. The summed E-state index contributed by atoms with van der Waals surface area (Å²) in [7, 11) is 0. The number of hydrogen-bond acceptors (Lipinski definition) is 6. The number of guanidine groups is 1. The van der Waals surface area contributed by atoms with Gasteiger partial charge < -0.3 is 32.2 Å². The number of ether oxygens (including phenoxy) is 1. The molecule has 228 valence electrons. The standard InChI is InChI=1S/C32H40N6O5/c1-20(2)19-26(38-29(40)23-12-5-4-6-13-23)30(41)36-21(3)28(39)37-25(16-10-18-35-32(33)34)31(42)43-27-17-9-14-22-11-7-8-15-24(22)27/h4-9,11-15,17,20-21,25-26H,10,16,18-19H2,1-3H3,(H,36,41)(H,37,39)(H,38,40)(H4,33,34,35)/t21-,25-,26-/m0/s1. The molecule has 7 N–H and O–H groups in total. The van der Waals surface area contributed by atoms with Gasteiger partial charge in [-0.25, -0.2) is 4.79 Å². The molecular weight excluding hydrogens is 548 g/mol. The van der Waals surface area contributed by atoms with Crippen LogP contribution in [0.4, 0.5) is 0 Å². The van der Waals surface area contributed by atoms with Gasteiger partial charge in [-0.05, 0) is 55.7 Å². The van der Waals surface area contributed by atoms with E-state index in [1.54, 1.807) is 42.5 Å². The number of amides is 3. The first-order valence-electron chi connectivity index (χ1n) is 14.3. The summed E-state index contributed by atoms with van der Waals surface area (Å²) in [5, 5.41) is 9.78. The van der Waals surface area contributed by atoms with Crippen molar-refractivity contribution in [3.63, 3.8) is 0 Å². The SMILES string of the molecule is CC(C)C[C@H](NC(=O)c1ccccc1)C(=O)N[C@@H](C)C(=O)N[C@@H](CCCN=C(N)N)C(=O)Oc1cccc2ccccc12. The summed E-state index contributed by atoms with van der Waals surface area (Å²) < 4.78 is 5.72. The number of rotatable bonds is 14. The van der Waals surface area contributed by atoms with Gasteiger partial charge in [-0.2, -0.15) is 0 Å². The fraction of sp³-hybridized carbons (Fsp3) is 0.344. The summed E-state index contributed by atoms with van der Waals surface area (Å²) in [6, 6.07) is 18.5. The van der Waals surface area contributed by atoms with Crippen LogP contribution in [0.15, 0.2) is 77.8 Å². The van der Waals surface area contributed by atoms with E-state index in [4.69, 9.17) is 16.2 Å². The van der Waals surface area contributed by atoms with Crippen LogP contribution in [0, 0.1) is 5.92 Å². The molecule has 3 atom stereocenters. The maximum absolute atomic E-state index is 13.3. The quantitative estimate of drug-likeness (QED) is 0.0631. The van der Waals surface area contributed by atoms with Crippen LogP contribution in [0.2, 0.25) is 0 Å². The first-order chi connectivity index (χ1) is 20.5. The number of carbonyl (C=O) groups excluding carboxylic acids is 4. The summed E-state index contributed by atoms with van der Waals surface area (Å²) in [5.74, 6) is -1.79. The summed E-state index contributed by atoms with van der Waals surface area (Å²) in [4.78, 5) is 56.3. The van der Waals surface area contributed by atoms with Gasteiger partial charge in [-0.1, -0.05) is 68.4 Å². The Balaban J connectivity index is 1.69. The van der Waals surface area contributed by atoms with Crippen LogP contribution < -0.4 is 32.2 Å². The fourth-order valence-electron chi connectivity index (χ4n) is 4.43. The zero-order valence-electron chi connectivity index (χ0n) is 24.7. The Morgan fingerprint density at radius 3 is 2.16 bits per heavy atom. The monoisotopic (exact) mass is 588 g/mol. The molecule has 0 fully saturated rings. The van der Waals surface area contributed by atoms with Crippen LogP contribution in [0.1, 0.15) is 50.4 Å². The van der Waals surface area contributed by atoms with Gasteiger partial charge in [0.05, 0.1) is 0 Å². The second-order valence-corrected chi connectivity index (χ2v) is 10.7. The molecule has 0 saturated heterocycles. The molecule has 3 aromatic carbocycles.